The Morgan fingerprint density at radius 1 is 1.37 bits per heavy atom. The van der Waals surface area contributed by atoms with Crippen LogP contribution < -0.4 is 0 Å². The van der Waals surface area contributed by atoms with Crippen LogP contribution in [-0.4, -0.2) is 21.0 Å². The van der Waals surface area contributed by atoms with Crippen molar-refractivity contribution < 1.29 is 5.11 Å². The molecule has 0 spiro atoms. The molecule has 1 heterocycles. The van der Waals surface area contributed by atoms with Gasteiger partial charge in [-0.05, 0) is 25.0 Å². The molecule has 0 aliphatic rings. The molecule has 0 amide bonds. The van der Waals surface area contributed by atoms with Crippen LogP contribution in [0.3, 0.4) is 0 Å². The summed E-state index contributed by atoms with van der Waals surface area (Å²) in [5, 5.41) is 15.1. The zero-order valence-corrected chi connectivity index (χ0v) is 13.2. The van der Waals surface area contributed by atoms with E-state index in [-0.39, 0.29) is 0 Å². The fourth-order valence-corrected chi connectivity index (χ4v) is 2.83. The van der Waals surface area contributed by atoms with Crippen molar-refractivity contribution in [1.29, 1.82) is 0 Å². The van der Waals surface area contributed by atoms with Crippen molar-refractivity contribution in [1.82, 2.24) is 9.78 Å². The van der Waals surface area contributed by atoms with Crippen LogP contribution in [0.2, 0.25) is 5.15 Å². The van der Waals surface area contributed by atoms with Crippen molar-refractivity contribution in [3.05, 3.63) is 50.7 Å². The van der Waals surface area contributed by atoms with Gasteiger partial charge in [-0.3, -0.25) is 4.68 Å². The molecule has 0 saturated heterocycles. The van der Waals surface area contributed by atoms with Gasteiger partial charge in [0, 0.05) is 23.5 Å². The number of aliphatic hydroxyl groups excluding tert-OH is 1. The molecular formula is C14H16BrClN2O. The normalized spacial score (nSPS) is 12.7. The number of rotatable bonds is 4. The van der Waals surface area contributed by atoms with Crippen LogP contribution in [0.15, 0.2) is 28.7 Å². The minimum atomic E-state index is -0.473. The summed E-state index contributed by atoms with van der Waals surface area (Å²) >= 11 is 9.66. The molecule has 0 fully saturated rings. The lowest BCUT2D eigenvalue weighted by Gasteiger charge is -2.12. The first-order chi connectivity index (χ1) is 8.99. The second-order valence-corrected chi connectivity index (χ2v) is 5.84. The molecule has 102 valence electrons. The Bertz CT molecular complexity index is 583. The highest BCUT2D eigenvalue weighted by Crippen LogP contribution is 2.23. The number of aliphatic hydroxyl groups is 1. The van der Waals surface area contributed by atoms with E-state index < -0.39 is 6.10 Å². The molecule has 1 aromatic heterocycles. The average Bonchev–Trinajstić information content (AvgIpc) is 2.59. The van der Waals surface area contributed by atoms with Gasteiger partial charge < -0.3 is 5.11 Å². The summed E-state index contributed by atoms with van der Waals surface area (Å²) in [6, 6.07) is 7.91. The minimum absolute atomic E-state index is 0.473. The number of hydrogen-bond donors (Lipinski definition) is 1. The molecule has 1 unspecified atom stereocenters. The van der Waals surface area contributed by atoms with Crippen molar-refractivity contribution in [2.45, 2.75) is 25.9 Å². The van der Waals surface area contributed by atoms with E-state index in [0.717, 1.165) is 21.3 Å². The van der Waals surface area contributed by atoms with E-state index in [1.807, 2.05) is 31.2 Å². The summed E-state index contributed by atoms with van der Waals surface area (Å²) < 4.78 is 2.65. The van der Waals surface area contributed by atoms with E-state index in [1.165, 1.54) is 0 Å². The van der Waals surface area contributed by atoms with E-state index in [4.69, 9.17) is 11.6 Å². The number of aromatic nitrogens is 2. The van der Waals surface area contributed by atoms with Gasteiger partial charge in [0.15, 0.2) is 0 Å². The van der Waals surface area contributed by atoms with Crippen LogP contribution >= 0.6 is 27.5 Å². The average molecular weight is 344 g/mol. The molecule has 0 aliphatic heterocycles. The molecule has 1 aromatic carbocycles. The van der Waals surface area contributed by atoms with Crippen LogP contribution in [-0.2, 0) is 19.9 Å². The summed E-state index contributed by atoms with van der Waals surface area (Å²) in [6.07, 6.45) is 0.630. The van der Waals surface area contributed by atoms with Gasteiger partial charge in [0.05, 0.1) is 11.8 Å². The first-order valence-electron chi connectivity index (χ1n) is 6.08. The predicted molar refractivity (Wildman–Crippen MR) is 80.5 cm³/mol. The van der Waals surface area contributed by atoms with Gasteiger partial charge in [-0.25, -0.2) is 0 Å². The summed E-state index contributed by atoms with van der Waals surface area (Å²) in [6.45, 7) is 1.91. The maximum atomic E-state index is 10.2. The lowest BCUT2D eigenvalue weighted by Crippen LogP contribution is -2.14. The lowest BCUT2D eigenvalue weighted by molar-refractivity contribution is 0.175. The largest absolute Gasteiger partial charge is 0.392 e. The Labute approximate surface area is 126 Å². The smallest absolute Gasteiger partial charge is 0.130 e. The molecule has 1 N–H and O–H groups in total. The van der Waals surface area contributed by atoms with E-state index >= 15 is 0 Å². The van der Waals surface area contributed by atoms with Crippen LogP contribution in [0.5, 0.6) is 0 Å². The Morgan fingerprint density at radius 3 is 2.63 bits per heavy atom. The zero-order valence-electron chi connectivity index (χ0n) is 10.9. The first-order valence-corrected chi connectivity index (χ1v) is 7.25. The van der Waals surface area contributed by atoms with E-state index in [2.05, 4.69) is 21.0 Å². The van der Waals surface area contributed by atoms with Crippen LogP contribution in [0.1, 0.15) is 16.8 Å². The van der Waals surface area contributed by atoms with Crippen molar-refractivity contribution in [2.75, 3.05) is 0 Å². The van der Waals surface area contributed by atoms with Crippen LogP contribution in [0.4, 0.5) is 0 Å². The van der Waals surface area contributed by atoms with Crippen molar-refractivity contribution in [2.24, 2.45) is 7.05 Å². The number of halogens is 2. The maximum absolute atomic E-state index is 10.2. The van der Waals surface area contributed by atoms with Gasteiger partial charge in [-0.15, -0.1) is 0 Å². The standard InChI is InChI=1S/C14H16BrClN2O/c1-9-12(14(16)18(2)17-9)8-11(19)7-10-5-3-4-6-13(10)15/h3-6,11,19H,7-8H2,1-2H3. The molecule has 0 aliphatic carbocycles. The third kappa shape index (κ3) is 3.38. The number of benzene rings is 1. The predicted octanol–water partition coefficient (Wildman–Crippen LogP) is 3.29. The molecule has 5 heteroatoms. The zero-order chi connectivity index (χ0) is 14.0. The lowest BCUT2D eigenvalue weighted by atomic mass is 10.0. The van der Waals surface area contributed by atoms with Gasteiger partial charge in [-0.1, -0.05) is 45.7 Å². The van der Waals surface area contributed by atoms with Gasteiger partial charge in [0.1, 0.15) is 5.15 Å². The fraction of sp³-hybridized carbons (Fsp3) is 0.357. The third-order valence-electron chi connectivity index (χ3n) is 3.12. The molecular weight excluding hydrogens is 328 g/mol. The maximum Gasteiger partial charge on any atom is 0.130 e. The molecule has 0 bridgehead atoms. The summed E-state index contributed by atoms with van der Waals surface area (Å²) in [5.74, 6) is 0. The molecule has 0 radical (unpaired) electrons. The highest BCUT2D eigenvalue weighted by Gasteiger charge is 2.16. The first kappa shape index (κ1) is 14.6. The second kappa shape index (κ2) is 6.07. The molecule has 3 nitrogen and oxygen atoms in total. The Hall–Kier alpha value is -0.840. The SMILES string of the molecule is Cc1nn(C)c(Cl)c1CC(O)Cc1ccccc1Br. The van der Waals surface area contributed by atoms with E-state index in [0.29, 0.717) is 18.0 Å². The van der Waals surface area contributed by atoms with Crippen molar-refractivity contribution in [3.8, 4) is 0 Å². The highest BCUT2D eigenvalue weighted by atomic mass is 79.9. The van der Waals surface area contributed by atoms with Crippen molar-refractivity contribution >= 4 is 27.5 Å². The molecule has 2 aromatic rings. The fourth-order valence-electron chi connectivity index (χ4n) is 2.13. The Kier molecular flexibility index (Phi) is 4.66. The number of hydrogen-bond acceptors (Lipinski definition) is 2. The van der Waals surface area contributed by atoms with E-state index in [1.54, 1.807) is 11.7 Å². The van der Waals surface area contributed by atoms with Gasteiger partial charge >= 0.3 is 0 Å². The highest BCUT2D eigenvalue weighted by molar-refractivity contribution is 9.10. The summed E-state index contributed by atoms with van der Waals surface area (Å²) in [5.41, 5.74) is 2.88. The second-order valence-electron chi connectivity index (χ2n) is 4.63. The quantitative estimate of drug-likeness (QED) is 0.925. The molecule has 2 rings (SSSR count). The summed E-state index contributed by atoms with van der Waals surface area (Å²) in [7, 11) is 1.80. The van der Waals surface area contributed by atoms with E-state index in [9.17, 15) is 5.11 Å². The third-order valence-corrected chi connectivity index (χ3v) is 4.37. The number of nitrogens with zero attached hydrogens (tertiary/aromatic N) is 2. The molecule has 0 saturated carbocycles. The van der Waals surface area contributed by atoms with Gasteiger partial charge in [0.25, 0.3) is 0 Å². The topological polar surface area (TPSA) is 38.0 Å². The van der Waals surface area contributed by atoms with Gasteiger partial charge in [-0.2, -0.15) is 5.10 Å². The minimum Gasteiger partial charge on any atom is -0.392 e. The molecule has 1 atom stereocenters. The summed E-state index contributed by atoms with van der Waals surface area (Å²) in [4.78, 5) is 0. The van der Waals surface area contributed by atoms with Crippen LogP contribution in [0.25, 0.3) is 0 Å². The Balaban J connectivity index is 2.10. The molecule has 19 heavy (non-hydrogen) atoms. The Morgan fingerprint density at radius 2 is 2.05 bits per heavy atom. The van der Waals surface area contributed by atoms with Crippen molar-refractivity contribution in [3.63, 3.8) is 0 Å². The van der Waals surface area contributed by atoms with Crippen LogP contribution in [0, 0.1) is 6.92 Å². The monoisotopic (exact) mass is 342 g/mol. The van der Waals surface area contributed by atoms with Gasteiger partial charge in [0.2, 0.25) is 0 Å². The number of aryl methyl sites for hydroxylation is 2.